The predicted molar refractivity (Wildman–Crippen MR) is 115 cm³/mol. The average molecular weight is 475 g/mol. The first kappa shape index (κ1) is 22.3. The number of nitrogens with zero attached hydrogens (tertiary/aromatic N) is 1. The number of benzene rings is 1. The Morgan fingerprint density at radius 3 is 2.45 bits per heavy atom. The Hall–Kier alpha value is -3.86. The molecule has 0 aliphatic heterocycles. The molecule has 0 atom stereocenters. The second kappa shape index (κ2) is 8.58. The number of anilines is 2. The van der Waals surface area contributed by atoms with Gasteiger partial charge in [-0.1, -0.05) is 0 Å². The van der Waals surface area contributed by atoms with Gasteiger partial charge in [-0.15, -0.1) is 11.3 Å². The Bertz CT molecular complexity index is 1320. The molecule has 0 spiro atoms. The van der Waals surface area contributed by atoms with Crippen molar-refractivity contribution in [3.05, 3.63) is 76.4 Å². The summed E-state index contributed by atoms with van der Waals surface area (Å²) in [6, 6.07) is 7.93. The summed E-state index contributed by atoms with van der Waals surface area (Å²) in [6.45, 7) is 3.35. The van der Waals surface area contributed by atoms with E-state index in [0.717, 1.165) is 23.5 Å². The fraction of sp³-hybridized carbons (Fsp3) is 0.136. The van der Waals surface area contributed by atoms with E-state index in [1.165, 1.54) is 24.7 Å². The van der Waals surface area contributed by atoms with Gasteiger partial charge in [0.2, 0.25) is 0 Å². The number of aromatic nitrogens is 1. The lowest BCUT2D eigenvalue weighted by Crippen LogP contribution is -2.18. The molecule has 7 nitrogen and oxygen atoms in total. The number of furan rings is 2. The van der Waals surface area contributed by atoms with Gasteiger partial charge in [-0.3, -0.25) is 9.59 Å². The van der Waals surface area contributed by atoms with Crippen molar-refractivity contribution in [2.45, 2.75) is 20.0 Å². The Balaban J connectivity index is 1.59. The quantitative estimate of drug-likeness (QED) is 0.362. The molecule has 0 saturated carbocycles. The molecule has 4 rings (SSSR count). The van der Waals surface area contributed by atoms with Gasteiger partial charge in [-0.25, -0.2) is 4.98 Å². The highest BCUT2D eigenvalue weighted by molar-refractivity contribution is 7.17. The minimum absolute atomic E-state index is 0.0871. The van der Waals surface area contributed by atoms with Crippen LogP contribution in [0, 0.1) is 13.8 Å². The first-order valence-electron chi connectivity index (χ1n) is 9.52. The van der Waals surface area contributed by atoms with Crippen LogP contribution in [0.4, 0.5) is 24.5 Å². The van der Waals surface area contributed by atoms with Gasteiger partial charge in [0.1, 0.15) is 16.9 Å². The summed E-state index contributed by atoms with van der Waals surface area (Å²) in [7, 11) is 0. The standard InChI is InChI=1S/C22H16F3N3O4S/c1-11-3-6-17(32-11)21-26-12(2)18(33-21)20(30)28-16-5-4-14(9-15(16)22(23,24)25)27-19(29)13-7-8-31-10-13/h3-10H,1-2H3,(H,27,29)(H,28,30). The molecule has 2 N–H and O–H groups in total. The van der Waals surface area contributed by atoms with Gasteiger partial charge in [0, 0.05) is 5.69 Å². The number of alkyl halides is 3. The van der Waals surface area contributed by atoms with Crippen molar-refractivity contribution in [1.82, 2.24) is 4.98 Å². The van der Waals surface area contributed by atoms with Crippen molar-refractivity contribution in [1.29, 1.82) is 0 Å². The summed E-state index contributed by atoms with van der Waals surface area (Å²) in [6.07, 6.45) is -2.34. The van der Waals surface area contributed by atoms with Crippen LogP contribution in [0.5, 0.6) is 0 Å². The number of hydrogen-bond acceptors (Lipinski definition) is 6. The largest absolute Gasteiger partial charge is 0.472 e. The number of carbonyl (C=O) groups excluding carboxylic acids is 2. The van der Waals surface area contributed by atoms with Crippen LogP contribution in [0.3, 0.4) is 0 Å². The van der Waals surface area contributed by atoms with Crippen LogP contribution in [-0.4, -0.2) is 16.8 Å². The maximum absolute atomic E-state index is 13.7. The molecular weight excluding hydrogens is 459 g/mol. The Labute approximate surface area is 189 Å². The Morgan fingerprint density at radius 2 is 1.82 bits per heavy atom. The number of carbonyl (C=O) groups is 2. The third kappa shape index (κ3) is 4.82. The third-order valence-electron chi connectivity index (χ3n) is 4.57. The molecule has 3 heterocycles. The van der Waals surface area contributed by atoms with E-state index >= 15 is 0 Å². The zero-order chi connectivity index (χ0) is 23.8. The number of amides is 2. The fourth-order valence-corrected chi connectivity index (χ4v) is 3.93. The van der Waals surface area contributed by atoms with Crippen LogP contribution in [0.15, 0.2) is 57.8 Å². The summed E-state index contributed by atoms with van der Waals surface area (Å²) in [5.74, 6) is -0.234. The number of hydrogen-bond donors (Lipinski definition) is 2. The normalized spacial score (nSPS) is 11.4. The number of halogens is 3. The van der Waals surface area contributed by atoms with E-state index in [4.69, 9.17) is 8.83 Å². The molecule has 3 aromatic heterocycles. The van der Waals surface area contributed by atoms with Gasteiger partial charge in [0.05, 0.1) is 28.8 Å². The molecular formula is C22H16F3N3O4S. The number of nitrogens with one attached hydrogen (secondary N) is 2. The summed E-state index contributed by atoms with van der Waals surface area (Å²) in [5, 5.41) is 5.12. The van der Waals surface area contributed by atoms with E-state index in [2.05, 4.69) is 15.6 Å². The maximum atomic E-state index is 13.7. The summed E-state index contributed by atoms with van der Waals surface area (Å²) >= 11 is 1.01. The number of thiazole rings is 1. The van der Waals surface area contributed by atoms with Gasteiger partial charge in [0.25, 0.3) is 11.8 Å². The van der Waals surface area contributed by atoms with Crippen LogP contribution in [0.25, 0.3) is 10.8 Å². The minimum atomic E-state index is -4.78. The molecule has 4 aromatic rings. The Morgan fingerprint density at radius 1 is 1.03 bits per heavy atom. The van der Waals surface area contributed by atoms with Crippen molar-refractivity contribution in [3.8, 4) is 10.8 Å². The highest BCUT2D eigenvalue weighted by atomic mass is 32.1. The molecule has 33 heavy (non-hydrogen) atoms. The molecule has 0 radical (unpaired) electrons. The van der Waals surface area contributed by atoms with E-state index < -0.39 is 29.2 Å². The first-order valence-corrected chi connectivity index (χ1v) is 10.3. The lowest BCUT2D eigenvalue weighted by atomic mass is 10.1. The van der Waals surface area contributed by atoms with E-state index in [1.54, 1.807) is 26.0 Å². The van der Waals surface area contributed by atoms with Gasteiger partial charge in [0.15, 0.2) is 10.8 Å². The zero-order valence-corrected chi connectivity index (χ0v) is 18.1. The lowest BCUT2D eigenvalue weighted by Gasteiger charge is -2.15. The van der Waals surface area contributed by atoms with Crippen LogP contribution < -0.4 is 10.6 Å². The van der Waals surface area contributed by atoms with Crippen LogP contribution >= 0.6 is 11.3 Å². The Kier molecular flexibility index (Phi) is 5.81. The summed E-state index contributed by atoms with van der Waals surface area (Å²) < 4.78 is 51.4. The van der Waals surface area contributed by atoms with Crippen LogP contribution in [0.2, 0.25) is 0 Å². The van der Waals surface area contributed by atoms with Gasteiger partial charge in [-0.2, -0.15) is 13.2 Å². The number of aryl methyl sites for hydroxylation is 2. The first-order chi connectivity index (χ1) is 15.6. The fourth-order valence-electron chi connectivity index (χ4n) is 3.00. The van der Waals surface area contributed by atoms with Crippen LogP contribution in [-0.2, 0) is 6.18 Å². The van der Waals surface area contributed by atoms with Gasteiger partial charge < -0.3 is 19.5 Å². The molecule has 2 amide bonds. The zero-order valence-electron chi connectivity index (χ0n) is 17.2. The third-order valence-corrected chi connectivity index (χ3v) is 5.74. The van der Waals surface area contributed by atoms with Gasteiger partial charge >= 0.3 is 6.18 Å². The van der Waals surface area contributed by atoms with Crippen molar-refractivity contribution < 1.29 is 31.6 Å². The second-order valence-electron chi connectivity index (χ2n) is 7.02. The monoisotopic (exact) mass is 475 g/mol. The highest BCUT2D eigenvalue weighted by Gasteiger charge is 2.35. The SMILES string of the molecule is Cc1ccc(-c2nc(C)c(C(=O)Nc3ccc(NC(=O)c4ccoc4)cc3C(F)(F)F)s2)o1. The smallest absolute Gasteiger partial charge is 0.418 e. The minimum Gasteiger partial charge on any atom is -0.472 e. The molecule has 0 unspecified atom stereocenters. The summed E-state index contributed by atoms with van der Waals surface area (Å²) in [5.41, 5.74) is -1.12. The van der Waals surface area contributed by atoms with Crippen molar-refractivity contribution in [3.63, 3.8) is 0 Å². The second-order valence-corrected chi connectivity index (χ2v) is 8.02. The molecule has 0 bridgehead atoms. The molecule has 1 aromatic carbocycles. The maximum Gasteiger partial charge on any atom is 0.418 e. The van der Waals surface area contributed by atoms with E-state index in [9.17, 15) is 22.8 Å². The van der Waals surface area contributed by atoms with Crippen molar-refractivity contribution in [2.75, 3.05) is 10.6 Å². The molecule has 170 valence electrons. The van der Waals surface area contributed by atoms with E-state index in [0.29, 0.717) is 22.2 Å². The number of rotatable bonds is 5. The molecule has 11 heteroatoms. The van der Waals surface area contributed by atoms with Crippen LogP contribution in [0.1, 0.15) is 37.0 Å². The molecule has 0 fully saturated rings. The average Bonchev–Trinajstić information content (AvgIpc) is 3.49. The topological polar surface area (TPSA) is 97.4 Å². The molecule has 0 aliphatic carbocycles. The van der Waals surface area contributed by atoms with Crippen molar-refractivity contribution in [2.24, 2.45) is 0 Å². The molecule has 0 aliphatic rings. The predicted octanol–water partition coefficient (Wildman–Crippen LogP) is 6.14. The highest BCUT2D eigenvalue weighted by Crippen LogP contribution is 2.37. The molecule has 0 saturated heterocycles. The van der Waals surface area contributed by atoms with Crippen molar-refractivity contribution >= 4 is 34.5 Å². The van der Waals surface area contributed by atoms with Gasteiger partial charge in [-0.05, 0) is 50.2 Å². The van der Waals surface area contributed by atoms with E-state index in [1.807, 2.05) is 0 Å². The van der Waals surface area contributed by atoms with E-state index in [-0.39, 0.29) is 16.1 Å². The summed E-state index contributed by atoms with van der Waals surface area (Å²) in [4.78, 5) is 29.3. The lowest BCUT2D eigenvalue weighted by molar-refractivity contribution is -0.136.